The normalized spacial score (nSPS) is 29.8. The lowest BCUT2D eigenvalue weighted by atomic mass is 9.90. The Hall–Kier alpha value is -1.76. The minimum Gasteiger partial charge on any atom is -0.339 e. The van der Waals surface area contributed by atoms with Crippen LogP contribution < -0.4 is 5.32 Å². The van der Waals surface area contributed by atoms with Gasteiger partial charge in [0.1, 0.15) is 6.33 Å². The van der Waals surface area contributed by atoms with Gasteiger partial charge in [0, 0.05) is 18.5 Å². The summed E-state index contributed by atoms with van der Waals surface area (Å²) in [5, 5.41) is 14.1. The Balaban J connectivity index is 1.46. The van der Waals surface area contributed by atoms with Gasteiger partial charge in [-0.15, -0.1) is 0 Å². The first-order valence-electron chi connectivity index (χ1n) is 6.81. The molecule has 0 amide bonds. The zero-order valence-corrected chi connectivity index (χ0v) is 10.5. The Morgan fingerprint density at radius 3 is 2.84 bits per heavy atom. The first-order valence-corrected chi connectivity index (χ1v) is 6.81. The molecule has 2 aliphatic heterocycles. The Morgan fingerprint density at radius 2 is 2.11 bits per heavy atom. The van der Waals surface area contributed by atoms with Gasteiger partial charge in [0.05, 0.1) is 0 Å². The van der Waals surface area contributed by atoms with Crippen LogP contribution in [-0.2, 0) is 6.42 Å². The molecule has 2 bridgehead atoms. The van der Waals surface area contributed by atoms with E-state index in [4.69, 9.17) is 4.52 Å². The smallest absolute Gasteiger partial charge is 0.239 e. The van der Waals surface area contributed by atoms with Crippen molar-refractivity contribution < 1.29 is 4.52 Å². The van der Waals surface area contributed by atoms with Crippen molar-refractivity contribution in [3.05, 3.63) is 12.2 Å². The monoisotopic (exact) mass is 260 g/mol. The molecule has 2 N–H and O–H groups in total. The molecule has 2 aliphatic rings. The third kappa shape index (κ3) is 2.14. The molecule has 2 aromatic heterocycles. The molecule has 4 heterocycles. The van der Waals surface area contributed by atoms with Crippen LogP contribution in [0.3, 0.4) is 0 Å². The fourth-order valence-corrected chi connectivity index (χ4v) is 3.34. The van der Waals surface area contributed by atoms with Gasteiger partial charge in [0.25, 0.3) is 0 Å². The molecule has 0 spiro atoms. The maximum absolute atomic E-state index is 5.31. The standard InChI is InChI=1S/C12H16N6O/c1-2-9-4-7(3-8(1)15-9)5-10-16-12(18-19-10)11-13-6-14-17-11/h6-9,15H,1-5H2,(H,13,14,17). The highest BCUT2D eigenvalue weighted by atomic mass is 16.5. The third-order valence-electron chi connectivity index (χ3n) is 4.13. The predicted octanol–water partition coefficient (Wildman–Crippen LogP) is 0.928. The number of piperidine rings is 1. The molecule has 0 radical (unpaired) electrons. The number of nitrogens with one attached hydrogen (secondary N) is 2. The van der Waals surface area contributed by atoms with Gasteiger partial charge in [-0.1, -0.05) is 5.16 Å². The zero-order chi connectivity index (χ0) is 12.7. The van der Waals surface area contributed by atoms with Crippen LogP contribution in [0.2, 0.25) is 0 Å². The van der Waals surface area contributed by atoms with E-state index in [0.29, 0.717) is 35.5 Å². The second-order valence-corrected chi connectivity index (χ2v) is 5.53. The fraction of sp³-hybridized carbons (Fsp3) is 0.667. The largest absolute Gasteiger partial charge is 0.339 e. The van der Waals surface area contributed by atoms with E-state index in [2.05, 4.69) is 30.6 Å². The molecule has 0 saturated carbocycles. The minimum absolute atomic E-state index is 0.490. The fourth-order valence-electron chi connectivity index (χ4n) is 3.34. The molecule has 2 unspecified atom stereocenters. The average Bonchev–Trinajstić information content (AvgIpc) is 3.10. The van der Waals surface area contributed by atoms with E-state index in [1.807, 2.05) is 0 Å². The van der Waals surface area contributed by atoms with Gasteiger partial charge >= 0.3 is 0 Å². The number of aromatic nitrogens is 5. The van der Waals surface area contributed by atoms with Gasteiger partial charge in [-0.2, -0.15) is 10.1 Å². The van der Waals surface area contributed by atoms with Crippen LogP contribution in [0.1, 0.15) is 31.6 Å². The van der Waals surface area contributed by atoms with E-state index in [9.17, 15) is 0 Å². The lowest BCUT2D eigenvalue weighted by Crippen LogP contribution is -2.38. The first-order chi connectivity index (χ1) is 9.37. The predicted molar refractivity (Wildman–Crippen MR) is 66.0 cm³/mol. The van der Waals surface area contributed by atoms with Crippen molar-refractivity contribution in [2.75, 3.05) is 0 Å². The molecule has 19 heavy (non-hydrogen) atoms. The first kappa shape index (κ1) is 11.1. The van der Waals surface area contributed by atoms with Crippen LogP contribution in [0, 0.1) is 5.92 Å². The van der Waals surface area contributed by atoms with Crippen molar-refractivity contribution in [3.63, 3.8) is 0 Å². The van der Waals surface area contributed by atoms with Gasteiger partial charge < -0.3 is 9.84 Å². The van der Waals surface area contributed by atoms with Gasteiger partial charge in [-0.05, 0) is 31.6 Å². The van der Waals surface area contributed by atoms with E-state index >= 15 is 0 Å². The van der Waals surface area contributed by atoms with E-state index < -0.39 is 0 Å². The molecule has 7 nitrogen and oxygen atoms in total. The molecule has 2 fully saturated rings. The number of nitrogens with zero attached hydrogens (tertiary/aromatic N) is 4. The van der Waals surface area contributed by atoms with Gasteiger partial charge in [-0.3, -0.25) is 5.10 Å². The summed E-state index contributed by atoms with van der Waals surface area (Å²) in [5.74, 6) is 2.41. The second kappa shape index (κ2) is 4.41. The number of rotatable bonds is 3. The molecular formula is C12H16N6O. The Bertz CT molecular complexity index is 538. The molecule has 2 aromatic rings. The lowest BCUT2D eigenvalue weighted by molar-refractivity contribution is 0.270. The summed E-state index contributed by atoms with van der Waals surface area (Å²) in [6.45, 7) is 0. The van der Waals surface area contributed by atoms with E-state index in [-0.39, 0.29) is 0 Å². The SMILES string of the molecule is c1n[nH]c(-c2noc(CC3CC4CCC(C3)N4)n2)n1. The summed E-state index contributed by atoms with van der Waals surface area (Å²) >= 11 is 0. The quantitative estimate of drug-likeness (QED) is 0.852. The van der Waals surface area contributed by atoms with E-state index in [0.717, 1.165) is 6.42 Å². The number of hydrogen-bond acceptors (Lipinski definition) is 6. The van der Waals surface area contributed by atoms with Crippen molar-refractivity contribution in [3.8, 4) is 11.6 Å². The van der Waals surface area contributed by atoms with Crippen LogP contribution >= 0.6 is 0 Å². The molecule has 4 rings (SSSR count). The topological polar surface area (TPSA) is 92.5 Å². The average molecular weight is 260 g/mol. The third-order valence-corrected chi connectivity index (χ3v) is 4.13. The zero-order valence-electron chi connectivity index (χ0n) is 10.5. The molecular weight excluding hydrogens is 244 g/mol. The highest BCUT2D eigenvalue weighted by Gasteiger charge is 2.34. The van der Waals surface area contributed by atoms with Gasteiger partial charge in [-0.25, -0.2) is 4.98 Å². The summed E-state index contributed by atoms with van der Waals surface area (Å²) in [6, 6.07) is 1.39. The molecule has 0 aromatic carbocycles. The summed E-state index contributed by atoms with van der Waals surface area (Å²) in [5.41, 5.74) is 0. The maximum atomic E-state index is 5.31. The van der Waals surface area contributed by atoms with Gasteiger partial charge in [0.2, 0.25) is 11.7 Å². The van der Waals surface area contributed by atoms with Crippen LogP contribution in [0.5, 0.6) is 0 Å². The molecule has 2 saturated heterocycles. The lowest BCUT2D eigenvalue weighted by Gasteiger charge is -2.27. The molecule has 0 aliphatic carbocycles. The molecule has 100 valence electrons. The summed E-state index contributed by atoms with van der Waals surface area (Å²) < 4.78 is 5.31. The van der Waals surface area contributed by atoms with Gasteiger partial charge in [0.15, 0.2) is 5.82 Å². The summed E-state index contributed by atoms with van der Waals surface area (Å²) in [6.07, 6.45) is 7.38. The van der Waals surface area contributed by atoms with E-state index in [1.165, 1.54) is 32.0 Å². The van der Waals surface area contributed by atoms with Crippen molar-refractivity contribution in [2.24, 2.45) is 5.92 Å². The summed E-state index contributed by atoms with van der Waals surface area (Å²) in [4.78, 5) is 8.40. The van der Waals surface area contributed by atoms with Crippen molar-refractivity contribution in [1.82, 2.24) is 30.6 Å². The number of H-pyrrole nitrogens is 1. The van der Waals surface area contributed by atoms with E-state index in [1.54, 1.807) is 0 Å². The maximum Gasteiger partial charge on any atom is 0.239 e. The summed E-state index contributed by atoms with van der Waals surface area (Å²) in [7, 11) is 0. The number of fused-ring (bicyclic) bond motifs is 2. The van der Waals surface area contributed by atoms with Crippen molar-refractivity contribution >= 4 is 0 Å². The number of aromatic amines is 1. The van der Waals surface area contributed by atoms with Crippen LogP contribution in [0.25, 0.3) is 11.6 Å². The Morgan fingerprint density at radius 1 is 1.26 bits per heavy atom. The van der Waals surface area contributed by atoms with Crippen LogP contribution in [0.15, 0.2) is 10.9 Å². The highest BCUT2D eigenvalue weighted by molar-refractivity contribution is 5.39. The minimum atomic E-state index is 0.490. The van der Waals surface area contributed by atoms with Crippen molar-refractivity contribution in [2.45, 2.75) is 44.2 Å². The number of hydrogen-bond donors (Lipinski definition) is 2. The Kier molecular flexibility index (Phi) is 2.58. The van der Waals surface area contributed by atoms with Crippen LogP contribution in [0.4, 0.5) is 0 Å². The Labute approximate surface area is 110 Å². The second-order valence-electron chi connectivity index (χ2n) is 5.53. The highest BCUT2D eigenvalue weighted by Crippen LogP contribution is 2.32. The van der Waals surface area contributed by atoms with Crippen LogP contribution in [-0.4, -0.2) is 37.4 Å². The van der Waals surface area contributed by atoms with Crippen molar-refractivity contribution in [1.29, 1.82) is 0 Å². The molecule has 2 atom stereocenters. The molecule has 7 heteroatoms.